The van der Waals surface area contributed by atoms with E-state index < -0.39 is 9.05 Å². The lowest BCUT2D eigenvalue weighted by Crippen LogP contribution is -1.94. The van der Waals surface area contributed by atoms with Gasteiger partial charge in [0.05, 0.1) is 4.90 Å². The Morgan fingerprint density at radius 2 is 1.83 bits per heavy atom. The van der Waals surface area contributed by atoms with Gasteiger partial charge in [-0.25, -0.2) is 8.42 Å². The van der Waals surface area contributed by atoms with Crippen molar-refractivity contribution in [2.75, 3.05) is 0 Å². The summed E-state index contributed by atoms with van der Waals surface area (Å²) in [5, 5.41) is 0. The molecule has 66 valence electrons. The van der Waals surface area contributed by atoms with Gasteiger partial charge in [-0.3, -0.25) is 0 Å². The molecule has 0 aliphatic heterocycles. The zero-order chi connectivity index (χ0) is 9.35. The van der Waals surface area contributed by atoms with Gasteiger partial charge in [0, 0.05) is 17.8 Å². The predicted octanol–water partition coefficient (Wildman–Crippen LogP) is 2.82. The van der Waals surface area contributed by atoms with Crippen molar-refractivity contribution in [2.24, 2.45) is 0 Å². The number of rotatable bonds is 1. The van der Waals surface area contributed by atoms with Gasteiger partial charge in [-0.2, -0.15) is 0 Å². The highest BCUT2D eigenvalue weighted by Gasteiger charge is 2.13. The van der Waals surface area contributed by atoms with E-state index in [-0.39, 0.29) is 4.90 Å². The summed E-state index contributed by atoms with van der Waals surface area (Å²) in [6, 6.07) is 4.97. The molecule has 0 radical (unpaired) electrons. The second-order valence-corrected chi connectivity index (χ2v) is 6.95. The first-order chi connectivity index (χ1) is 5.41. The van der Waals surface area contributed by atoms with Crippen molar-refractivity contribution in [3.05, 3.63) is 25.3 Å². The van der Waals surface area contributed by atoms with Crippen LogP contribution in [0.5, 0.6) is 0 Å². The summed E-state index contributed by atoms with van der Waals surface area (Å²) in [5.74, 6) is 0. The molecule has 0 saturated carbocycles. The Balaban J connectivity index is 3.39. The van der Waals surface area contributed by atoms with E-state index in [2.05, 4.69) is 22.6 Å². The summed E-state index contributed by atoms with van der Waals surface area (Å²) in [7, 11) is 1.59. The maximum atomic E-state index is 10.9. The molecule has 12 heavy (non-hydrogen) atoms. The Morgan fingerprint density at radius 1 is 1.25 bits per heavy atom. The van der Waals surface area contributed by atoms with Crippen LogP contribution in [0.3, 0.4) is 0 Å². The molecule has 1 aromatic rings. The standard InChI is InChI=1S/C6H3ClI2O2S/c7-12(10,11)6-2-1-4(8)3-5(6)9/h1-3H. The molecule has 1 rings (SSSR count). The van der Waals surface area contributed by atoms with E-state index in [1.54, 1.807) is 12.1 Å². The van der Waals surface area contributed by atoms with Crippen molar-refractivity contribution in [1.29, 1.82) is 0 Å². The Kier molecular flexibility index (Phi) is 3.64. The molecule has 0 aliphatic carbocycles. The number of hydrogen-bond donors (Lipinski definition) is 0. The third kappa shape index (κ3) is 2.71. The summed E-state index contributed by atoms with van der Waals surface area (Å²) < 4.78 is 23.5. The monoisotopic (exact) mass is 428 g/mol. The average Bonchev–Trinajstić information content (AvgIpc) is 1.83. The van der Waals surface area contributed by atoms with Crippen LogP contribution in [0.4, 0.5) is 0 Å². The maximum Gasteiger partial charge on any atom is 0.262 e. The molecule has 0 aliphatic rings. The van der Waals surface area contributed by atoms with Crippen LogP contribution in [0, 0.1) is 7.14 Å². The molecule has 0 saturated heterocycles. The number of hydrogen-bond acceptors (Lipinski definition) is 2. The largest absolute Gasteiger partial charge is 0.262 e. The average molecular weight is 428 g/mol. The topological polar surface area (TPSA) is 34.1 Å². The lowest BCUT2D eigenvalue weighted by atomic mass is 10.4. The summed E-state index contributed by atoms with van der Waals surface area (Å²) in [4.78, 5) is 0.171. The molecule has 0 amide bonds. The van der Waals surface area contributed by atoms with Gasteiger partial charge in [-0.1, -0.05) is 0 Å². The molecule has 0 spiro atoms. The van der Waals surface area contributed by atoms with Crippen LogP contribution in [-0.2, 0) is 9.05 Å². The number of halogens is 3. The Labute approximate surface area is 102 Å². The first-order valence-electron chi connectivity index (χ1n) is 2.81. The molecular weight excluding hydrogens is 425 g/mol. The zero-order valence-electron chi connectivity index (χ0n) is 5.59. The fourth-order valence-corrected chi connectivity index (χ4v) is 4.46. The quantitative estimate of drug-likeness (QED) is 0.509. The molecule has 6 heteroatoms. The van der Waals surface area contributed by atoms with E-state index in [1.165, 1.54) is 6.07 Å². The zero-order valence-corrected chi connectivity index (χ0v) is 11.5. The molecule has 1 aromatic carbocycles. The SMILES string of the molecule is O=S(=O)(Cl)c1ccc(I)cc1I. The van der Waals surface area contributed by atoms with Gasteiger partial charge >= 0.3 is 0 Å². The fraction of sp³-hybridized carbons (Fsp3) is 0. The first kappa shape index (κ1) is 11.0. The number of benzene rings is 1. The van der Waals surface area contributed by atoms with E-state index in [4.69, 9.17) is 10.7 Å². The fourth-order valence-electron chi connectivity index (χ4n) is 0.673. The van der Waals surface area contributed by atoms with Gasteiger partial charge in [-0.15, -0.1) is 0 Å². The Morgan fingerprint density at radius 3 is 2.25 bits per heavy atom. The molecule has 0 N–H and O–H groups in total. The minimum atomic E-state index is -3.59. The Bertz CT molecular complexity index is 402. The van der Waals surface area contributed by atoms with Crippen molar-refractivity contribution < 1.29 is 8.42 Å². The van der Waals surface area contributed by atoms with Crippen molar-refractivity contribution in [3.63, 3.8) is 0 Å². The van der Waals surface area contributed by atoms with Crippen molar-refractivity contribution in [1.82, 2.24) is 0 Å². The van der Waals surface area contributed by atoms with Crippen LogP contribution in [0.25, 0.3) is 0 Å². The van der Waals surface area contributed by atoms with Gasteiger partial charge in [0.1, 0.15) is 0 Å². The van der Waals surface area contributed by atoms with Crippen LogP contribution in [0.2, 0.25) is 0 Å². The van der Waals surface area contributed by atoms with Gasteiger partial charge in [-0.05, 0) is 63.4 Å². The normalized spacial score (nSPS) is 11.6. The van der Waals surface area contributed by atoms with Gasteiger partial charge in [0.2, 0.25) is 0 Å². The van der Waals surface area contributed by atoms with E-state index in [0.717, 1.165) is 3.57 Å². The van der Waals surface area contributed by atoms with E-state index in [0.29, 0.717) is 3.57 Å². The van der Waals surface area contributed by atoms with E-state index >= 15 is 0 Å². The molecule has 0 unspecified atom stereocenters. The summed E-state index contributed by atoms with van der Waals surface area (Å²) in [5.41, 5.74) is 0. The van der Waals surface area contributed by atoms with Gasteiger partial charge in [0.15, 0.2) is 0 Å². The molecule has 0 aromatic heterocycles. The molecule has 0 heterocycles. The predicted molar refractivity (Wildman–Crippen MR) is 64.9 cm³/mol. The summed E-state index contributed by atoms with van der Waals surface area (Å²) in [6.07, 6.45) is 0. The molecule has 0 fully saturated rings. The van der Waals surface area contributed by atoms with Crippen LogP contribution in [0.15, 0.2) is 23.1 Å². The lowest BCUT2D eigenvalue weighted by Gasteiger charge is -1.99. The second kappa shape index (κ2) is 3.97. The summed E-state index contributed by atoms with van der Waals surface area (Å²) >= 11 is 4.05. The van der Waals surface area contributed by atoms with Crippen molar-refractivity contribution in [3.8, 4) is 0 Å². The molecule has 0 atom stereocenters. The highest BCUT2D eigenvalue weighted by molar-refractivity contribution is 14.1. The van der Waals surface area contributed by atoms with Gasteiger partial charge < -0.3 is 0 Å². The van der Waals surface area contributed by atoms with E-state index in [1.807, 2.05) is 22.6 Å². The lowest BCUT2D eigenvalue weighted by molar-refractivity contribution is 0.609. The Hall–Kier alpha value is 0.920. The van der Waals surface area contributed by atoms with Crippen LogP contribution >= 0.6 is 55.9 Å². The highest BCUT2D eigenvalue weighted by Crippen LogP contribution is 2.23. The third-order valence-corrected chi connectivity index (χ3v) is 4.47. The minimum absolute atomic E-state index is 0.171. The highest BCUT2D eigenvalue weighted by atomic mass is 127. The molecule has 2 nitrogen and oxygen atoms in total. The maximum absolute atomic E-state index is 10.9. The minimum Gasteiger partial charge on any atom is -0.207 e. The second-order valence-electron chi connectivity index (χ2n) is 2.01. The summed E-state index contributed by atoms with van der Waals surface area (Å²) in [6.45, 7) is 0. The third-order valence-electron chi connectivity index (χ3n) is 1.16. The van der Waals surface area contributed by atoms with E-state index in [9.17, 15) is 8.42 Å². The van der Waals surface area contributed by atoms with Crippen LogP contribution in [-0.4, -0.2) is 8.42 Å². The van der Waals surface area contributed by atoms with Gasteiger partial charge in [0.25, 0.3) is 9.05 Å². The smallest absolute Gasteiger partial charge is 0.207 e. The van der Waals surface area contributed by atoms with Crippen LogP contribution in [0.1, 0.15) is 0 Å². The first-order valence-corrected chi connectivity index (χ1v) is 7.27. The molecule has 0 bridgehead atoms. The van der Waals surface area contributed by atoms with Crippen molar-refractivity contribution >= 4 is 64.9 Å². The van der Waals surface area contributed by atoms with Crippen LogP contribution < -0.4 is 0 Å². The van der Waals surface area contributed by atoms with Crippen molar-refractivity contribution in [2.45, 2.75) is 4.90 Å². The molecular formula is C6H3ClI2O2S.